The topological polar surface area (TPSA) is 89.6 Å². The molecule has 5 heteroatoms. The maximum atomic E-state index is 10.7. The summed E-state index contributed by atoms with van der Waals surface area (Å²) in [6, 6.07) is 0. The van der Waals surface area contributed by atoms with Crippen LogP contribution < -0.4 is 5.73 Å². The number of unbranched alkanes of at least 4 members (excludes halogenated alkanes) is 13. The van der Waals surface area contributed by atoms with E-state index in [-0.39, 0.29) is 5.91 Å². The van der Waals surface area contributed by atoms with Crippen LogP contribution in [0.3, 0.4) is 0 Å². The third-order valence-corrected chi connectivity index (χ3v) is 4.17. The van der Waals surface area contributed by atoms with Gasteiger partial charge in [0.2, 0.25) is 5.91 Å². The molecule has 0 atom stereocenters. The molecule has 0 saturated carbocycles. The molecule has 134 valence electrons. The number of carbonyl (C=O) groups excluding carboxylic acids is 2. The fraction of sp³-hybridized carbons (Fsp3) is 0.889. The molecule has 5 nitrogen and oxygen atoms in total. The Morgan fingerprint density at radius 1 is 0.565 bits per heavy atom. The number of nitroso groups, excluding NO2 is 1. The van der Waals surface area contributed by atoms with Crippen LogP contribution in [0.1, 0.15) is 103 Å². The third-order valence-electron chi connectivity index (χ3n) is 4.17. The molecule has 0 aromatic heterocycles. The Balaban J connectivity index is 3.04. The van der Waals surface area contributed by atoms with Gasteiger partial charge in [0.25, 0.3) is 5.91 Å². The van der Waals surface area contributed by atoms with E-state index < -0.39 is 5.91 Å². The Bertz CT molecular complexity index is 319. The van der Waals surface area contributed by atoms with Crippen LogP contribution in [0.15, 0.2) is 5.18 Å². The number of carbonyl (C=O) groups is 2. The molecule has 0 rings (SSSR count). The largest absolute Gasteiger partial charge is 0.370 e. The maximum absolute atomic E-state index is 10.7. The van der Waals surface area contributed by atoms with Crippen molar-refractivity contribution in [3.05, 3.63) is 4.91 Å². The molecule has 0 aromatic carbocycles. The average Bonchev–Trinajstić information content (AvgIpc) is 2.53. The molecule has 0 aliphatic rings. The molecular formula is C18H34N2O3. The molecule has 0 aromatic rings. The van der Waals surface area contributed by atoms with E-state index in [0.717, 1.165) is 32.1 Å². The lowest BCUT2D eigenvalue weighted by atomic mass is 10.0. The van der Waals surface area contributed by atoms with Crippen LogP contribution in [0, 0.1) is 4.91 Å². The minimum atomic E-state index is -0.516. The van der Waals surface area contributed by atoms with Crippen molar-refractivity contribution in [2.45, 2.75) is 103 Å². The third kappa shape index (κ3) is 18.7. The summed E-state index contributed by atoms with van der Waals surface area (Å²) in [6.45, 7) is 0. The molecule has 0 unspecified atom stereocenters. The van der Waals surface area contributed by atoms with E-state index in [0.29, 0.717) is 12.8 Å². The summed E-state index contributed by atoms with van der Waals surface area (Å²) < 4.78 is 0. The van der Waals surface area contributed by atoms with E-state index in [1.54, 1.807) is 0 Å². The van der Waals surface area contributed by atoms with Crippen LogP contribution in [0.4, 0.5) is 0 Å². The van der Waals surface area contributed by atoms with E-state index in [2.05, 4.69) is 5.18 Å². The predicted octanol–water partition coefficient (Wildman–Crippen LogP) is 5.01. The Labute approximate surface area is 140 Å². The average molecular weight is 326 g/mol. The highest BCUT2D eigenvalue weighted by atomic mass is 16.3. The van der Waals surface area contributed by atoms with Gasteiger partial charge in [-0.2, -0.15) is 0 Å². The molecule has 0 radical (unpaired) electrons. The van der Waals surface area contributed by atoms with Crippen molar-refractivity contribution in [2.75, 3.05) is 0 Å². The Morgan fingerprint density at radius 2 is 0.870 bits per heavy atom. The number of hydrogen-bond acceptors (Lipinski definition) is 3. The number of amides is 2. The molecule has 23 heavy (non-hydrogen) atoms. The van der Waals surface area contributed by atoms with Gasteiger partial charge in [0.05, 0.1) is 0 Å². The van der Waals surface area contributed by atoms with Crippen LogP contribution >= 0.6 is 0 Å². The molecule has 0 heterocycles. The zero-order valence-corrected chi connectivity index (χ0v) is 14.6. The van der Waals surface area contributed by atoms with Gasteiger partial charge in [-0.15, -0.1) is 4.91 Å². The lowest BCUT2D eigenvalue weighted by Crippen LogP contribution is -2.09. The van der Waals surface area contributed by atoms with E-state index in [1.165, 1.54) is 57.8 Å². The Morgan fingerprint density at radius 3 is 1.17 bits per heavy atom. The van der Waals surface area contributed by atoms with Gasteiger partial charge >= 0.3 is 0 Å². The summed E-state index contributed by atoms with van der Waals surface area (Å²) in [6.07, 6.45) is 17.4. The molecular weight excluding hydrogens is 292 g/mol. The zero-order chi connectivity index (χ0) is 17.2. The Hall–Kier alpha value is -1.26. The van der Waals surface area contributed by atoms with Crippen molar-refractivity contribution < 1.29 is 9.59 Å². The lowest BCUT2D eigenvalue weighted by molar-refractivity contribution is -0.118. The highest BCUT2D eigenvalue weighted by molar-refractivity contribution is 5.76. The minimum absolute atomic E-state index is 0.184. The molecule has 2 N–H and O–H groups in total. The summed E-state index contributed by atoms with van der Waals surface area (Å²) in [4.78, 5) is 31.1. The molecule has 0 aliphatic heterocycles. The summed E-state index contributed by atoms with van der Waals surface area (Å²) in [5, 5.41) is 2.39. The van der Waals surface area contributed by atoms with Crippen LogP contribution in [-0.4, -0.2) is 11.8 Å². The van der Waals surface area contributed by atoms with Crippen molar-refractivity contribution in [3.63, 3.8) is 0 Å². The summed E-state index contributed by atoms with van der Waals surface area (Å²) in [5.74, 6) is -0.700. The highest BCUT2D eigenvalue weighted by Crippen LogP contribution is 2.13. The van der Waals surface area contributed by atoms with Gasteiger partial charge in [-0.05, 0) is 12.8 Å². The second kappa shape index (κ2) is 17.1. The lowest BCUT2D eigenvalue weighted by Gasteiger charge is -2.03. The number of primary amides is 1. The maximum Gasteiger partial charge on any atom is 0.286 e. The van der Waals surface area contributed by atoms with Crippen LogP contribution in [-0.2, 0) is 9.59 Å². The first-order chi connectivity index (χ1) is 11.2. The fourth-order valence-corrected chi connectivity index (χ4v) is 2.74. The second-order valence-corrected chi connectivity index (χ2v) is 6.40. The first-order valence-electron chi connectivity index (χ1n) is 9.31. The molecule has 2 amide bonds. The van der Waals surface area contributed by atoms with E-state index >= 15 is 0 Å². The normalized spacial score (nSPS) is 10.6. The second-order valence-electron chi connectivity index (χ2n) is 6.40. The van der Waals surface area contributed by atoms with E-state index in [1.807, 2.05) is 0 Å². The van der Waals surface area contributed by atoms with Crippen molar-refractivity contribution in [3.8, 4) is 0 Å². The van der Waals surface area contributed by atoms with Crippen molar-refractivity contribution in [1.29, 1.82) is 0 Å². The van der Waals surface area contributed by atoms with Gasteiger partial charge in [0, 0.05) is 18.0 Å². The predicted molar refractivity (Wildman–Crippen MR) is 93.9 cm³/mol. The Kier molecular flexibility index (Phi) is 16.2. The SMILES string of the molecule is NC(=O)CCCCCCCCCCCCCCCCC(=O)N=O. The summed E-state index contributed by atoms with van der Waals surface area (Å²) >= 11 is 0. The summed E-state index contributed by atoms with van der Waals surface area (Å²) in [7, 11) is 0. The van der Waals surface area contributed by atoms with Gasteiger partial charge < -0.3 is 5.73 Å². The fourth-order valence-electron chi connectivity index (χ4n) is 2.74. The molecule has 0 fully saturated rings. The van der Waals surface area contributed by atoms with Gasteiger partial charge in [-0.3, -0.25) is 9.59 Å². The molecule has 0 aliphatic carbocycles. The monoisotopic (exact) mass is 326 g/mol. The first kappa shape index (κ1) is 21.7. The number of rotatable bonds is 17. The smallest absolute Gasteiger partial charge is 0.286 e. The van der Waals surface area contributed by atoms with Gasteiger partial charge in [-0.1, -0.05) is 77.0 Å². The standard InChI is InChI=1S/C18H34N2O3/c19-17(21)15-13-11-9-7-5-3-1-2-4-6-8-10-12-14-16-18(22)20-23/h1-16H2,(H2,19,21). The molecule has 0 bridgehead atoms. The van der Waals surface area contributed by atoms with E-state index in [4.69, 9.17) is 5.73 Å². The van der Waals surface area contributed by atoms with Crippen LogP contribution in [0.5, 0.6) is 0 Å². The number of hydrogen-bond donors (Lipinski definition) is 1. The van der Waals surface area contributed by atoms with Gasteiger partial charge in [0.15, 0.2) is 0 Å². The van der Waals surface area contributed by atoms with Crippen LogP contribution in [0.2, 0.25) is 0 Å². The van der Waals surface area contributed by atoms with Gasteiger partial charge in [-0.25, -0.2) is 0 Å². The minimum Gasteiger partial charge on any atom is -0.370 e. The van der Waals surface area contributed by atoms with Crippen molar-refractivity contribution in [1.82, 2.24) is 0 Å². The quantitative estimate of drug-likeness (QED) is 0.301. The molecule has 0 saturated heterocycles. The van der Waals surface area contributed by atoms with Crippen molar-refractivity contribution in [2.24, 2.45) is 10.9 Å². The highest BCUT2D eigenvalue weighted by Gasteiger charge is 1.99. The molecule has 0 spiro atoms. The van der Waals surface area contributed by atoms with Crippen LogP contribution in [0.25, 0.3) is 0 Å². The van der Waals surface area contributed by atoms with E-state index in [9.17, 15) is 14.5 Å². The van der Waals surface area contributed by atoms with Crippen molar-refractivity contribution >= 4 is 11.8 Å². The van der Waals surface area contributed by atoms with Gasteiger partial charge in [0.1, 0.15) is 0 Å². The summed E-state index contributed by atoms with van der Waals surface area (Å²) in [5.41, 5.74) is 5.10. The zero-order valence-electron chi connectivity index (χ0n) is 14.6. The number of nitrogens with zero attached hydrogens (tertiary/aromatic N) is 1. The number of nitrogens with two attached hydrogens (primary N) is 1. The first-order valence-corrected chi connectivity index (χ1v) is 9.31.